The van der Waals surface area contributed by atoms with Gasteiger partial charge in [0, 0.05) is 33.2 Å². The molecule has 0 unspecified atom stereocenters. The topological polar surface area (TPSA) is 53.4 Å². The van der Waals surface area contributed by atoms with E-state index in [4.69, 9.17) is 4.98 Å². The second-order valence-corrected chi connectivity index (χ2v) is 11.2. The van der Waals surface area contributed by atoms with Crippen LogP contribution in [0.5, 0.6) is 0 Å². The number of aryl methyl sites for hydroxylation is 1. The van der Waals surface area contributed by atoms with Crippen molar-refractivity contribution in [2.45, 2.75) is 30.9 Å². The maximum absolute atomic E-state index is 13.7. The Balaban J connectivity index is 1.12. The number of aromatic nitrogens is 2. The fourth-order valence-electron chi connectivity index (χ4n) is 6.61. The van der Waals surface area contributed by atoms with Crippen LogP contribution in [0.25, 0.3) is 22.2 Å². The Kier molecular flexibility index (Phi) is 7.43. The van der Waals surface area contributed by atoms with Crippen LogP contribution in [0.4, 0.5) is 23.5 Å². The summed E-state index contributed by atoms with van der Waals surface area (Å²) >= 11 is 0. The summed E-state index contributed by atoms with van der Waals surface area (Å²) in [7, 11) is 1.90. The molecule has 1 aliphatic carbocycles. The highest BCUT2D eigenvalue weighted by molar-refractivity contribution is 6.00. The highest BCUT2D eigenvalue weighted by Gasteiger charge is 2.49. The van der Waals surface area contributed by atoms with E-state index in [1.165, 1.54) is 12.1 Å². The van der Waals surface area contributed by atoms with Gasteiger partial charge >= 0.3 is 6.18 Å². The number of halogens is 4. The Labute approximate surface area is 241 Å². The molecule has 1 saturated heterocycles. The molecule has 10 heteroatoms. The number of fused-ring (bicyclic) bond motifs is 4. The van der Waals surface area contributed by atoms with Gasteiger partial charge in [-0.1, -0.05) is 55.0 Å². The number of unbranched alkanes of at least 4 members (excludes halogenated alkanes) is 1. The van der Waals surface area contributed by atoms with Crippen LogP contribution in [0, 0.1) is 5.82 Å². The first-order valence-electron chi connectivity index (χ1n) is 14.3. The molecule has 0 atom stereocenters. The molecule has 2 aliphatic rings. The lowest BCUT2D eigenvalue weighted by atomic mass is 9.73. The number of carbonyl (C=O) groups is 1. The maximum atomic E-state index is 13.7. The fourth-order valence-corrected chi connectivity index (χ4v) is 6.61. The Morgan fingerprint density at radius 3 is 2.21 bits per heavy atom. The summed E-state index contributed by atoms with van der Waals surface area (Å²) in [4.78, 5) is 22.9. The molecule has 3 aromatic carbocycles. The normalized spacial score (nSPS) is 16.5. The van der Waals surface area contributed by atoms with Crippen LogP contribution in [-0.2, 0) is 17.3 Å². The van der Waals surface area contributed by atoms with Gasteiger partial charge in [0.15, 0.2) is 0 Å². The van der Waals surface area contributed by atoms with Gasteiger partial charge in [0.25, 0.3) is 0 Å². The highest BCUT2D eigenvalue weighted by atomic mass is 19.4. The Bertz CT molecular complexity index is 1560. The monoisotopic (exact) mass is 579 g/mol. The molecule has 0 radical (unpaired) electrons. The number of nitrogens with zero attached hydrogens (tertiary/aromatic N) is 4. The van der Waals surface area contributed by atoms with Crippen LogP contribution in [0.2, 0.25) is 0 Å². The van der Waals surface area contributed by atoms with Crippen LogP contribution in [0.1, 0.15) is 30.4 Å². The molecule has 2 heterocycles. The molecule has 42 heavy (non-hydrogen) atoms. The van der Waals surface area contributed by atoms with Gasteiger partial charge < -0.3 is 14.8 Å². The van der Waals surface area contributed by atoms with Crippen LogP contribution in [0.15, 0.2) is 66.7 Å². The standard InChI is InChI=1S/C32H33F4N5O/c1-39-28-20-22(33)12-13-27(28)38-30(39)41-18-16-40(17-19-41)15-7-6-14-31(29(42)37-21-32(34,35)36)25-10-4-2-8-23(25)24-9-3-5-11-26(24)31/h2-5,8-13,20H,6-7,14-19,21H2,1H3,(H,37,42). The van der Waals surface area contributed by atoms with E-state index in [2.05, 4.69) is 15.1 Å². The van der Waals surface area contributed by atoms with Crippen LogP contribution < -0.4 is 10.2 Å². The lowest BCUT2D eigenvalue weighted by molar-refractivity contribution is -0.141. The summed E-state index contributed by atoms with van der Waals surface area (Å²) in [6.07, 6.45) is -2.58. The molecule has 1 aromatic heterocycles. The van der Waals surface area contributed by atoms with E-state index in [0.717, 1.165) is 78.4 Å². The summed E-state index contributed by atoms with van der Waals surface area (Å²) in [5, 5.41) is 2.21. The lowest BCUT2D eigenvalue weighted by Crippen LogP contribution is -2.48. The number of hydrogen-bond acceptors (Lipinski definition) is 4. The van der Waals surface area contributed by atoms with Crippen molar-refractivity contribution in [1.82, 2.24) is 19.8 Å². The van der Waals surface area contributed by atoms with E-state index in [-0.39, 0.29) is 5.82 Å². The van der Waals surface area contributed by atoms with Gasteiger partial charge in [0.05, 0.1) is 11.0 Å². The van der Waals surface area contributed by atoms with E-state index in [1.807, 2.05) is 60.1 Å². The second kappa shape index (κ2) is 11.1. The van der Waals surface area contributed by atoms with Crippen LogP contribution in [0.3, 0.4) is 0 Å². The first-order valence-corrected chi connectivity index (χ1v) is 14.3. The molecule has 0 bridgehead atoms. The third-order valence-electron chi connectivity index (χ3n) is 8.65. The summed E-state index contributed by atoms with van der Waals surface area (Å²) < 4.78 is 55.0. The Morgan fingerprint density at radius 2 is 1.57 bits per heavy atom. The lowest BCUT2D eigenvalue weighted by Gasteiger charge is -2.35. The molecule has 6 nitrogen and oxygen atoms in total. The van der Waals surface area contributed by atoms with Crippen molar-refractivity contribution in [2.24, 2.45) is 7.05 Å². The van der Waals surface area contributed by atoms with E-state index in [1.54, 1.807) is 6.07 Å². The van der Waals surface area contributed by atoms with Gasteiger partial charge in [0.1, 0.15) is 17.8 Å². The molecule has 4 aromatic rings. The molecule has 1 N–H and O–H groups in total. The average molecular weight is 580 g/mol. The number of carbonyl (C=O) groups excluding carboxylic acids is 1. The third kappa shape index (κ3) is 5.12. The minimum atomic E-state index is -4.49. The molecule has 1 fully saturated rings. The fraction of sp³-hybridized carbons (Fsp3) is 0.375. The molecular formula is C32H33F4N5O. The Hall–Kier alpha value is -3.92. The SMILES string of the molecule is Cn1c(N2CCN(CCCCC3(C(=O)NCC(F)(F)F)c4ccccc4-c4ccccc43)CC2)nc2ccc(F)cc21. The van der Waals surface area contributed by atoms with E-state index >= 15 is 0 Å². The van der Waals surface area contributed by atoms with Crippen LogP contribution in [-0.4, -0.2) is 65.8 Å². The number of rotatable bonds is 8. The summed E-state index contributed by atoms with van der Waals surface area (Å²) in [5.41, 5.74) is 3.68. The summed E-state index contributed by atoms with van der Waals surface area (Å²) in [6, 6.07) is 19.7. The molecule has 6 rings (SSSR count). The third-order valence-corrected chi connectivity index (χ3v) is 8.65. The number of piperazine rings is 1. The van der Waals surface area contributed by atoms with Crippen LogP contribution >= 0.6 is 0 Å². The predicted octanol–water partition coefficient (Wildman–Crippen LogP) is 5.65. The van der Waals surface area contributed by atoms with Gasteiger partial charge in [-0.15, -0.1) is 0 Å². The van der Waals surface area contributed by atoms with Gasteiger partial charge in [-0.05, 0) is 59.8 Å². The van der Waals surface area contributed by atoms with Crippen molar-refractivity contribution in [3.8, 4) is 11.1 Å². The second-order valence-electron chi connectivity index (χ2n) is 11.2. The van der Waals surface area contributed by atoms with Crippen molar-refractivity contribution in [1.29, 1.82) is 0 Å². The first kappa shape index (κ1) is 28.2. The number of nitrogens with one attached hydrogen (secondary N) is 1. The molecule has 1 aliphatic heterocycles. The number of amides is 1. The maximum Gasteiger partial charge on any atom is 0.405 e. The summed E-state index contributed by atoms with van der Waals surface area (Å²) in [6.45, 7) is 2.70. The van der Waals surface area contributed by atoms with E-state index < -0.39 is 24.0 Å². The van der Waals surface area contributed by atoms with Gasteiger partial charge in [0.2, 0.25) is 11.9 Å². The predicted molar refractivity (Wildman–Crippen MR) is 155 cm³/mol. The highest BCUT2D eigenvalue weighted by Crippen LogP contribution is 2.51. The van der Waals surface area contributed by atoms with Crippen molar-refractivity contribution >= 4 is 22.9 Å². The molecule has 0 spiro atoms. The zero-order valence-electron chi connectivity index (χ0n) is 23.4. The van der Waals surface area contributed by atoms with Gasteiger partial charge in [-0.2, -0.15) is 13.2 Å². The van der Waals surface area contributed by atoms with Crippen molar-refractivity contribution < 1.29 is 22.4 Å². The van der Waals surface area contributed by atoms with E-state index in [0.29, 0.717) is 12.8 Å². The van der Waals surface area contributed by atoms with E-state index in [9.17, 15) is 22.4 Å². The molecular weight excluding hydrogens is 546 g/mol. The number of anilines is 1. The largest absolute Gasteiger partial charge is 0.405 e. The zero-order valence-corrected chi connectivity index (χ0v) is 23.4. The number of alkyl halides is 3. The van der Waals surface area contributed by atoms with Gasteiger partial charge in [-0.25, -0.2) is 9.37 Å². The number of benzene rings is 3. The minimum absolute atomic E-state index is 0.286. The summed E-state index contributed by atoms with van der Waals surface area (Å²) in [5.74, 6) is -0.0696. The van der Waals surface area contributed by atoms with Gasteiger partial charge in [-0.3, -0.25) is 9.69 Å². The average Bonchev–Trinajstić information content (AvgIpc) is 3.46. The smallest absolute Gasteiger partial charge is 0.346 e. The quantitative estimate of drug-likeness (QED) is 0.217. The van der Waals surface area contributed by atoms with Crippen molar-refractivity contribution in [3.05, 3.63) is 83.7 Å². The number of imidazole rings is 1. The zero-order chi connectivity index (χ0) is 29.5. The molecule has 220 valence electrons. The number of hydrogen-bond donors (Lipinski definition) is 1. The van der Waals surface area contributed by atoms with Crippen molar-refractivity contribution in [2.75, 3.05) is 44.2 Å². The Morgan fingerprint density at radius 1 is 0.929 bits per heavy atom. The minimum Gasteiger partial charge on any atom is -0.346 e. The molecule has 1 amide bonds. The first-order chi connectivity index (χ1) is 20.2. The van der Waals surface area contributed by atoms with Crippen molar-refractivity contribution in [3.63, 3.8) is 0 Å². The molecule has 0 saturated carbocycles.